The van der Waals surface area contributed by atoms with E-state index in [0.717, 1.165) is 12.2 Å². The topological polar surface area (TPSA) is 21.3 Å². The van der Waals surface area contributed by atoms with Crippen LogP contribution in [0.4, 0.5) is 0 Å². The van der Waals surface area contributed by atoms with Crippen LogP contribution in [0, 0.1) is 13.8 Å². The van der Waals surface area contributed by atoms with Crippen LogP contribution in [-0.4, -0.2) is 14.2 Å². The summed E-state index contributed by atoms with van der Waals surface area (Å²) >= 11 is 6.11. The fourth-order valence-electron chi connectivity index (χ4n) is 2.52. The second-order valence-corrected chi connectivity index (χ2v) is 5.78. The molecule has 0 aliphatic carbocycles. The van der Waals surface area contributed by atoms with E-state index in [1.54, 1.807) is 7.11 Å². The summed E-state index contributed by atoms with van der Waals surface area (Å²) in [5, 5.41) is 4.03. The summed E-state index contributed by atoms with van der Waals surface area (Å²) in [6, 6.07) is 12.8. The molecule has 0 saturated carbocycles. The quantitative estimate of drug-likeness (QED) is 0.880. The summed E-state index contributed by atoms with van der Waals surface area (Å²) in [7, 11) is 3.63. The van der Waals surface area contributed by atoms with Crippen LogP contribution >= 0.6 is 11.6 Å². The zero-order valence-corrected chi connectivity index (χ0v) is 13.8. The molecular weight excluding hydrogens is 282 g/mol. The van der Waals surface area contributed by atoms with Gasteiger partial charge in [0.1, 0.15) is 5.75 Å². The number of aryl methyl sites for hydroxylation is 2. The molecule has 0 spiro atoms. The van der Waals surface area contributed by atoms with Crippen LogP contribution in [0.15, 0.2) is 36.4 Å². The third kappa shape index (κ3) is 3.78. The third-order valence-corrected chi connectivity index (χ3v) is 4.17. The molecule has 2 aromatic rings. The van der Waals surface area contributed by atoms with Crippen molar-refractivity contribution in [1.82, 2.24) is 5.32 Å². The molecule has 1 atom stereocenters. The molecule has 0 fully saturated rings. The lowest BCUT2D eigenvalue weighted by atomic mass is 9.95. The number of nitrogens with one attached hydrogen (secondary N) is 1. The van der Waals surface area contributed by atoms with Crippen LogP contribution in [0.1, 0.15) is 28.3 Å². The standard InChI is InChI=1S/C18H22ClNO/c1-12-5-6-13(2)15(9-12)10-17(20-3)14-7-8-16(19)18(11-14)21-4/h5-9,11,17,20H,10H2,1-4H3. The Labute approximate surface area is 132 Å². The molecule has 112 valence electrons. The fourth-order valence-corrected chi connectivity index (χ4v) is 2.71. The zero-order valence-electron chi connectivity index (χ0n) is 13.0. The molecule has 0 heterocycles. The Bertz CT molecular complexity index is 625. The van der Waals surface area contributed by atoms with Gasteiger partial charge >= 0.3 is 0 Å². The predicted molar refractivity (Wildman–Crippen MR) is 89.4 cm³/mol. The molecule has 1 N–H and O–H groups in total. The first kappa shape index (κ1) is 15.9. The summed E-state index contributed by atoms with van der Waals surface area (Å²) in [6.07, 6.45) is 0.939. The lowest BCUT2D eigenvalue weighted by molar-refractivity contribution is 0.413. The summed E-state index contributed by atoms with van der Waals surface area (Å²) in [5.41, 5.74) is 5.16. The van der Waals surface area contributed by atoms with Crippen molar-refractivity contribution in [3.8, 4) is 5.75 Å². The van der Waals surface area contributed by atoms with E-state index in [9.17, 15) is 0 Å². The number of hydrogen-bond acceptors (Lipinski definition) is 2. The van der Waals surface area contributed by atoms with Gasteiger partial charge in [0.15, 0.2) is 0 Å². The first-order valence-electron chi connectivity index (χ1n) is 7.12. The van der Waals surface area contributed by atoms with Crippen LogP contribution < -0.4 is 10.1 Å². The molecule has 2 rings (SSSR count). The van der Waals surface area contributed by atoms with E-state index < -0.39 is 0 Å². The molecule has 0 aliphatic heterocycles. The van der Waals surface area contributed by atoms with Crippen LogP contribution in [-0.2, 0) is 6.42 Å². The van der Waals surface area contributed by atoms with E-state index >= 15 is 0 Å². The smallest absolute Gasteiger partial charge is 0.137 e. The van der Waals surface area contributed by atoms with E-state index in [0.29, 0.717) is 5.02 Å². The minimum absolute atomic E-state index is 0.233. The highest BCUT2D eigenvalue weighted by Crippen LogP contribution is 2.29. The van der Waals surface area contributed by atoms with E-state index in [4.69, 9.17) is 16.3 Å². The first-order valence-corrected chi connectivity index (χ1v) is 7.49. The lowest BCUT2D eigenvalue weighted by Crippen LogP contribution is -2.19. The van der Waals surface area contributed by atoms with Gasteiger partial charge in [-0.2, -0.15) is 0 Å². The summed E-state index contributed by atoms with van der Waals surface area (Å²) in [5.74, 6) is 0.718. The van der Waals surface area contributed by atoms with E-state index in [1.165, 1.54) is 22.3 Å². The molecule has 1 unspecified atom stereocenters. The van der Waals surface area contributed by atoms with Crippen molar-refractivity contribution in [2.75, 3.05) is 14.2 Å². The van der Waals surface area contributed by atoms with Crippen molar-refractivity contribution in [2.45, 2.75) is 26.3 Å². The van der Waals surface area contributed by atoms with Gasteiger partial charge in [-0.1, -0.05) is 41.4 Å². The van der Waals surface area contributed by atoms with Crippen LogP contribution in [0.5, 0.6) is 5.75 Å². The number of benzene rings is 2. The molecule has 0 aliphatic rings. The number of hydrogen-bond donors (Lipinski definition) is 1. The normalized spacial score (nSPS) is 12.2. The second kappa shape index (κ2) is 6.97. The Morgan fingerprint density at radius 2 is 1.90 bits per heavy atom. The van der Waals surface area contributed by atoms with E-state index in [1.807, 2.05) is 19.2 Å². The molecule has 0 aromatic heterocycles. The number of halogens is 1. The van der Waals surface area contributed by atoms with Gasteiger partial charge in [-0.05, 0) is 56.1 Å². The van der Waals surface area contributed by atoms with E-state index in [-0.39, 0.29) is 6.04 Å². The molecule has 2 aromatic carbocycles. The highest BCUT2D eigenvalue weighted by Gasteiger charge is 2.14. The molecule has 0 amide bonds. The largest absolute Gasteiger partial charge is 0.495 e. The van der Waals surface area contributed by atoms with Gasteiger partial charge < -0.3 is 10.1 Å². The average molecular weight is 304 g/mol. The Morgan fingerprint density at radius 1 is 1.14 bits per heavy atom. The first-order chi connectivity index (χ1) is 10.0. The van der Waals surface area contributed by atoms with Crippen molar-refractivity contribution in [1.29, 1.82) is 0 Å². The van der Waals surface area contributed by atoms with Crippen LogP contribution in [0.2, 0.25) is 5.02 Å². The summed E-state index contributed by atoms with van der Waals surface area (Å²) in [4.78, 5) is 0. The van der Waals surface area contributed by atoms with Gasteiger partial charge in [0.2, 0.25) is 0 Å². The molecular formula is C18H22ClNO. The summed E-state index contributed by atoms with van der Waals surface area (Å²) in [6.45, 7) is 4.28. The van der Waals surface area contributed by atoms with Gasteiger partial charge in [-0.3, -0.25) is 0 Å². The maximum absolute atomic E-state index is 6.11. The lowest BCUT2D eigenvalue weighted by Gasteiger charge is -2.19. The fraction of sp³-hybridized carbons (Fsp3) is 0.333. The van der Waals surface area contributed by atoms with Crippen molar-refractivity contribution in [3.05, 3.63) is 63.7 Å². The minimum atomic E-state index is 0.233. The van der Waals surface area contributed by atoms with Crippen molar-refractivity contribution >= 4 is 11.6 Å². The maximum atomic E-state index is 6.11. The van der Waals surface area contributed by atoms with Gasteiger partial charge in [0.05, 0.1) is 12.1 Å². The number of methoxy groups -OCH3 is 1. The van der Waals surface area contributed by atoms with Crippen LogP contribution in [0.25, 0.3) is 0 Å². The highest BCUT2D eigenvalue weighted by atomic mass is 35.5. The molecule has 3 heteroatoms. The predicted octanol–water partition coefficient (Wildman–Crippen LogP) is 4.47. The zero-order chi connectivity index (χ0) is 15.4. The molecule has 21 heavy (non-hydrogen) atoms. The summed E-state index contributed by atoms with van der Waals surface area (Å²) < 4.78 is 5.31. The number of ether oxygens (including phenoxy) is 1. The van der Waals surface area contributed by atoms with Crippen molar-refractivity contribution in [3.63, 3.8) is 0 Å². The number of rotatable bonds is 5. The van der Waals surface area contributed by atoms with Gasteiger partial charge in [0.25, 0.3) is 0 Å². The molecule has 2 nitrogen and oxygen atoms in total. The van der Waals surface area contributed by atoms with Gasteiger partial charge in [0, 0.05) is 6.04 Å². The Morgan fingerprint density at radius 3 is 2.57 bits per heavy atom. The monoisotopic (exact) mass is 303 g/mol. The Balaban J connectivity index is 2.29. The Kier molecular flexibility index (Phi) is 5.27. The molecule has 0 radical (unpaired) electrons. The Hall–Kier alpha value is -1.51. The third-order valence-electron chi connectivity index (χ3n) is 3.85. The molecule has 0 bridgehead atoms. The van der Waals surface area contributed by atoms with Crippen LogP contribution in [0.3, 0.4) is 0 Å². The SMILES string of the molecule is CNC(Cc1cc(C)ccc1C)c1ccc(Cl)c(OC)c1. The minimum Gasteiger partial charge on any atom is -0.495 e. The van der Waals surface area contributed by atoms with Gasteiger partial charge in [-0.25, -0.2) is 0 Å². The van der Waals surface area contributed by atoms with Gasteiger partial charge in [-0.15, -0.1) is 0 Å². The number of likely N-dealkylation sites (N-methyl/N-ethyl adjacent to an activating group) is 1. The maximum Gasteiger partial charge on any atom is 0.137 e. The molecule has 0 saturated heterocycles. The highest BCUT2D eigenvalue weighted by molar-refractivity contribution is 6.32. The second-order valence-electron chi connectivity index (χ2n) is 5.37. The average Bonchev–Trinajstić information content (AvgIpc) is 2.49. The van der Waals surface area contributed by atoms with Crippen molar-refractivity contribution < 1.29 is 4.74 Å². The van der Waals surface area contributed by atoms with E-state index in [2.05, 4.69) is 43.4 Å². The van der Waals surface area contributed by atoms with Crippen molar-refractivity contribution in [2.24, 2.45) is 0 Å².